The fourth-order valence-electron chi connectivity index (χ4n) is 6.27. The standard InChI is InChI=1S/C37H29NSi/c1-39(29-18-7-3-8-19-29,30-20-9-4-10-21-30)36-27-14-12-22-31(36)32-24-15-26-35-37(32)33-23-11-13-25-34(33)38(35)28-16-5-2-6-17-28/h2-27H,1H3. The van der Waals surface area contributed by atoms with E-state index in [0.29, 0.717) is 0 Å². The van der Waals surface area contributed by atoms with Gasteiger partial charge in [-0.1, -0.05) is 140 Å². The highest BCUT2D eigenvalue weighted by Crippen LogP contribution is 2.38. The molecule has 0 spiro atoms. The van der Waals surface area contributed by atoms with Gasteiger partial charge in [0.1, 0.15) is 8.07 Å². The molecule has 39 heavy (non-hydrogen) atoms. The van der Waals surface area contributed by atoms with Crippen molar-refractivity contribution in [3.05, 3.63) is 158 Å². The topological polar surface area (TPSA) is 4.93 Å². The van der Waals surface area contributed by atoms with Gasteiger partial charge in [-0.2, -0.15) is 0 Å². The SMILES string of the molecule is C[Si](c1ccccc1)(c1ccccc1)c1ccccc1-c1cccc2c1c1ccccc1n2-c1ccccc1. The third kappa shape index (κ3) is 3.76. The van der Waals surface area contributed by atoms with Gasteiger partial charge in [0.05, 0.1) is 11.0 Å². The van der Waals surface area contributed by atoms with Crippen molar-refractivity contribution in [2.24, 2.45) is 0 Å². The molecule has 0 fully saturated rings. The van der Waals surface area contributed by atoms with Crippen molar-refractivity contribution >= 4 is 45.4 Å². The number of fused-ring (bicyclic) bond motifs is 3. The van der Waals surface area contributed by atoms with Crippen LogP contribution in [0.15, 0.2) is 158 Å². The number of aromatic nitrogens is 1. The first-order valence-corrected chi connectivity index (χ1v) is 16.1. The zero-order valence-corrected chi connectivity index (χ0v) is 23.0. The summed E-state index contributed by atoms with van der Waals surface area (Å²) in [6, 6.07) is 57.7. The van der Waals surface area contributed by atoms with Gasteiger partial charge in [-0.15, -0.1) is 0 Å². The molecule has 0 atom stereocenters. The number of nitrogens with zero attached hydrogens (tertiary/aromatic N) is 1. The summed E-state index contributed by atoms with van der Waals surface area (Å²) >= 11 is 0. The van der Waals surface area contributed by atoms with E-state index in [9.17, 15) is 0 Å². The molecule has 0 aliphatic rings. The lowest BCUT2D eigenvalue weighted by Crippen LogP contribution is -2.65. The molecule has 0 bridgehead atoms. The molecule has 0 amide bonds. The fourth-order valence-corrected chi connectivity index (χ4v) is 10.1. The van der Waals surface area contributed by atoms with E-state index in [1.165, 1.54) is 54.2 Å². The minimum atomic E-state index is -2.32. The largest absolute Gasteiger partial charge is 0.309 e. The molecule has 0 N–H and O–H groups in total. The summed E-state index contributed by atoms with van der Waals surface area (Å²) in [5.41, 5.74) is 6.26. The lowest BCUT2D eigenvalue weighted by molar-refractivity contribution is 1.18. The van der Waals surface area contributed by atoms with E-state index in [2.05, 4.69) is 169 Å². The third-order valence-electron chi connectivity index (χ3n) is 8.17. The normalized spacial score (nSPS) is 11.7. The van der Waals surface area contributed by atoms with Crippen LogP contribution in [0.4, 0.5) is 0 Å². The van der Waals surface area contributed by atoms with E-state index in [1.54, 1.807) is 0 Å². The minimum absolute atomic E-state index is 1.18. The van der Waals surface area contributed by atoms with Crippen molar-refractivity contribution in [1.82, 2.24) is 4.57 Å². The van der Waals surface area contributed by atoms with E-state index in [1.807, 2.05) is 0 Å². The Bertz CT molecular complexity index is 1860. The fraction of sp³-hybridized carbons (Fsp3) is 0.0270. The summed E-state index contributed by atoms with van der Waals surface area (Å²) in [4.78, 5) is 0. The molecule has 6 aromatic carbocycles. The van der Waals surface area contributed by atoms with Crippen molar-refractivity contribution in [2.45, 2.75) is 6.55 Å². The molecule has 186 valence electrons. The van der Waals surface area contributed by atoms with Gasteiger partial charge in [0.25, 0.3) is 0 Å². The van der Waals surface area contributed by atoms with Crippen LogP contribution in [0.25, 0.3) is 38.6 Å². The molecule has 0 aliphatic carbocycles. The Hall–Kier alpha value is -4.66. The van der Waals surface area contributed by atoms with Crippen LogP contribution in [-0.4, -0.2) is 12.6 Å². The van der Waals surface area contributed by atoms with Crippen LogP contribution in [0.5, 0.6) is 0 Å². The van der Waals surface area contributed by atoms with Gasteiger partial charge >= 0.3 is 0 Å². The monoisotopic (exact) mass is 515 g/mol. The molecule has 0 unspecified atom stereocenters. The molecule has 0 aliphatic heterocycles. The molecule has 1 heterocycles. The summed E-state index contributed by atoms with van der Waals surface area (Å²) in [6.07, 6.45) is 0. The zero-order chi connectivity index (χ0) is 26.2. The van der Waals surface area contributed by atoms with E-state index in [0.717, 1.165) is 0 Å². The maximum atomic E-state index is 2.50. The Morgan fingerprint density at radius 3 is 1.64 bits per heavy atom. The summed E-state index contributed by atoms with van der Waals surface area (Å²) < 4.78 is 2.40. The van der Waals surface area contributed by atoms with Crippen molar-refractivity contribution in [2.75, 3.05) is 0 Å². The number of hydrogen-bond donors (Lipinski definition) is 0. The van der Waals surface area contributed by atoms with Crippen LogP contribution in [0, 0.1) is 0 Å². The van der Waals surface area contributed by atoms with Gasteiger partial charge in [0, 0.05) is 16.5 Å². The third-order valence-corrected chi connectivity index (χ3v) is 12.7. The van der Waals surface area contributed by atoms with Gasteiger partial charge in [0.15, 0.2) is 0 Å². The molecule has 1 nitrogen and oxygen atoms in total. The second kappa shape index (κ2) is 9.58. The summed E-state index contributed by atoms with van der Waals surface area (Å²) in [5, 5.41) is 6.86. The van der Waals surface area contributed by atoms with E-state index in [4.69, 9.17) is 0 Å². The Morgan fingerprint density at radius 2 is 0.949 bits per heavy atom. The maximum Gasteiger partial charge on any atom is 0.146 e. The molecule has 0 radical (unpaired) electrons. The lowest BCUT2D eigenvalue weighted by atomic mass is 9.99. The number of para-hydroxylation sites is 2. The second-order valence-corrected chi connectivity index (χ2v) is 14.2. The number of rotatable bonds is 5. The smallest absolute Gasteiger partial charge is 0.146 e. The predicted octanol–water partition coefficient (Wildman–Crippen LogP) is 7.55. The highest BCUT2D eigenvalue weighted by molar-refractivity contribution is 7.11. The predicted molar refractivity (Wildman–Crippen MR) is 170 cm³/mol. The van der Waals surface area contributed by atoms with Gasteiger partial charge < -0.3 is 4.57 Å². The Morgan fingerprint density at radius 1 is 0.436 bits per heavy atom. The van der Waals surface area contributed by atoms with Gasteiger partial charge in [-0.05, 0) is 51.0 Å². The first-order chi connectivity index (χ1) is 19.3. The van der Waals surface area contributed by atoms with Gasteiger partial charge in [0.2, 0.25) is 0 Å². The average Bonchev–Trinajstić information content (AvgIpc) is 3.37. The molecule has 0 saturated heterocycles. The molecule has 0 saturated carbocycles. The summed E-state index contributed by atoms with van der Waals surface area (Å²) in [5.74, 6) is 0. The molecule has 7 rings (SSSR count). The highest BCUT2D eigenvalue weighted by Gasteiger charge is 2.36. The molecule has 2 heteroatoms. The maximum absolute atomic E-state index is 2.50. The van der Waals surface area contributed by atoms with E-state index < -0.39 is 8.07 Å². The van der Waals surface area contributed by atoms with Crippen LogP contribution in [0.3, 0.4) is 0 Å². The van der Waals surface area contributed by atoms with Gasteiger partial charge in [-0.25, -0.2) is 0 Å². The zero-order valence-electron chi connectivity index (χ0n) is 22.0. The van der Waals surface area contributed by atoms with Crippen molar-refractivity contribution < 1.29 is 0 Å². The van der Waals surface area contributed by atoms with Crippen LogP contribution in [0.2, 0.25) is 6.55 Å². The van der Waals surface area contributed by atoms with Gasteiger partial charge in [-0.3, -0.25) is 0 Å². The van der Waals surface area contributed by atoms with Crippen molar-refractivity contribution in [1.29, 1.82) is 0 Å². The molecule has 7 aromatic rings. The number of benzene rings is 6. The van der Waals surface area contributed by atoms with Crippen LogP contribution in [0.1, 0.15) is 0 Å². The molecule has 1 aromatic heterocycles. The summed E-state index contributed by atoms with van der Waals surface area (Å²) in [7, 11) is -2.32. The van der Waals surface area contributed by atoms with E-state index in [-0.39, 0.29) is 0 Å². The molecular formula is C37H29NSi. The second-order valence-electron chi connectivity index (χ2n) is 10.3. The highest BCUT2D eigenvalue weighted by atomic mass is 28.3. The Kier molecular flexibility index (Phi) is 5.76. The Labute approximate surface area is 230 Å². The quantitative estimate of drug-likeness (QED) is 0.165. The summed E-state index contributed by atoms with van der Waals surface area (Å²) in [6.45, 7) is 2.50. The van der Waals surface area contributed by atoms with E-state index >= 15 is 0 Å². The van der Waals surface area contributed by atoms with Crippen LogP contribution < -0.4 is 15.6 Å². The minimum Gasteiger partial charge on any atom is -0.309 e. The average molecular weight is 516 g/mol. The molecular weight excluding hydrogens is 487 g/mol. The first kappa shape index (κ1) is 23.5. The Balaban J connectivity index is 1.57. The van der Waals surface area contributed by atoms with Crippen LogP contribution in [-0.2, 0) is 0 Å². The first-order valence-electron chi connectivity index (χ1n) is 13.6. The number of hydrogen-bond acceptors (Lipinski definition) is 0. The van der Waals surface area contributed by atoms with Crippen LogP contribution >= 0.6 is 0 Å². The lowest BCUT2D eigenvalue weighted by Gasteiger charge is -2.31. The van der Waals surface area contributed by atoms with Crippen molar-refractivity contribution in [3.63, 3.8) is 0 Å². The van der Waals surface area contributed by atoms with Crippen molar-refractivity contribution in [3.8, 4) is 16.8 Å².